The van der Waals surface area contributed by atoms with Crippen LogP contribution in [0.3, 0.4) is 0 Å². The summed E-state index contributed by atoms with van der Waals surface area (Å²) in [6, 6.07) is 0. The van der Waals surface area contributed by atoms with Crippen LogP contribution in [-0.2, 0) is 17.8 Å². The van der Waals surface area contributed by atoms with Gasteiger partial charge in [0.15, 0.2) is 0 Å². The molecule has 0 atom stereocenters. The molecule has 1 N–H and O–H groups in total. The summed E-state index contributed by atoms with van der Waals surface area (Å²) in [6.07, 6.45) is 5.97. The van der Waals surface area contributed by atoms with E-state index in [1.165, 1.54) is 5.56 Å². The highest BCUT2D eigenvalue weighted by molar-refractivity contribution is 5.38. The standard InChI is InChI=1S/C16H24N4O/c1-6-14(21-11(2)3)7-12(4)18-16-17-8-13-9-20(5)10-15(13)19-16/h6-8,11H,9-10H2,1-5H3,(H,17,18,19)/b12-7+,14-6+. The lowest BCUT2D eigenvalue weighted by molar-refractivity contribution is 0.157. The van der Waals surface area contributed by atoms with Gasteiger partial charge in [-0.3, -0.25) is 4.90 Å². The highest BCUT2D eigenvalue weighted by atomic mass is 16.5. The first-order chi connectivity index (χ1) is 9.97. The van der Waals surface area contributed by atoms with Crippen LogP contribution in [0.5, 0.6) is 0 Å². The normalized spacial score (nSPS) is 16.3. The fourth-order valence-corrected chi connectivity index (χ4v) is 2.26. The Hall–Kier alpha value is -1.88. The molecule has 0 unspecified atom stereocenters. The molecule has 0 amide bonds. The zero-order valence-electron chi connectivity index (χ0n) is 13.5. The van der Waals surface area contributed by atoms with E-state index >= 15 is 0 Å². The minimum Gasteiger partial charge on any atom is -0.491 e. The lowest BCUT2D eigenvalue weighted by Gasteiger charge is -2.12. The highest BCUT2D eigenvalue weighted by Gasteiger charge is 2.17. The minimum absolute atomic E-state index is 0.159. The molecular formula is C16H24N4O. The van der Waals surface area contributed by atoms with Crippen LogP contribution in [0, 0.1) is 0 Å². The van der Waals surface area contributed by atoms with Gasteiger partial charge in [-0.15, -0.1) is 0 Å². The molecule has 0 fully saturated rings. The van der Waals surface area contributed by atoms with Crippen molar-refractivity contribution >= 4 is 5.95 Å². The maximum atomic E-state index is 5.69. The summed E-state index contributed by atoms with van der Waals surface area (Å²) >= 11 is 0. The molecule has 5 nitrogen and oxygen atoms in total. The molecule has 2 rings (SSSR count). The molecule has 1 aromatic heterocycles. The largest absolute Gasteiger partial charge is 0.491 e. The Morgan fingerprint density at radius 3 is 2.86 bits per heavy atom. The summed E-state index contributed by atoms with van der Waals surface area (Å²) in [4.78, 5) is 11.2. The van der Waals surface area contributed by atoms with Crippen molar-refractivity contribution < 1.29 is 4.74 Å². The van der Waals surface area contributed by atoms with E-state index in [-0.39, 0.29) is 6.10 Å². The zero-order chi connectivity index (χ0) is 15.4. The molecule has 2 heterocycles. The molecule has 21 heavy (non-hydrogen) atoms. The quantitative estimate of drug-likeness (QED) is 0.666. The van der Waals surface area contributed by atoms with E-state index in [1.54, 1.807) is 0 Å². The van der Waals surface area contributed by atoms with Gasteiger partial charge in [-0.2, -0.15) is 0 Å². The summed E-state index contributed by atoms with van der Waals surface area (Å²) in [5.41, 5.74) is 3.27. The maximum absolute atomic E-state index is 5.69. The van der Waals surface area contributed by atoms with Gasteiger partial charge in [0, 0.05) is 30.5 Å². The van der Waals surface area contributed by atoms with Crippen LogP contribution < -0.4 is 5.32 Å². The van der Waals surface area contributed by atoms with Crippen LogP contribution in [0.4, 0.5) is 5.95 Å². The van der Waals surface area contributed by atoms with Crippen LogP contribution in [0.15, 0.2) is 29.8 Å². The summed E-state index contributed by atoms with van der Waals surface area (Å²) in [7, 11) is 2.08. The Bertz CT molecular complexity index is 563. The third kappa shape index (κ3) is 4.29. The molecule has 0 aliphatic carbocycles. The molecule has 1 aliphatic heterocycles. The smallest absolute Gasteiger partial charge is 0.227 e. The SMILES string of the molecule is C/C=C(\C=C(/C)Nc1ncc2c(n1)CN(C)C2)OC(C)C. The highest BCUT2D eigenvalue weighted by Crippen LogP contribution is 2.20. The fraction of sp³-hybridized carbons (Fsp3) is 0.500. The number of aromatic nitrogens is 2. The predicted molar refractivity (Wildman–Crippen MR) is 84.6 cm³/mol. The number of hydrogen-bond acceptors (Lipinski definition) is 5. The molecule has 0 spiro atoms. The van der Waals surface area contributed by atoms with Crippen LogP contribution in [0.2, 0.25) is 0 Å². The Balaban J connectivity index is 2.06. The number of nitrogens with one attached hydrogen (secondary N) is 1. The fourth-order valence-electron chi connectivity index (χ4n) is 2.26. The molecule has 1 aliphatic rings. The van der Waals surface area contributed by atoms with Crippen LogP contribution in [-0.4, -0.2) is 28.0 Å². The van der Waals surface area contributed by atoms with Crippen molar-refractivity contribution in [3.8, 4) is 0 Å². The van der Waals surface area contributed by atoms with Crippen molar-refractivity contribution in [2.75, 3.05) is 12.4 Å². The Morgan fingerprint density at radius 1 is 1.43 bits per heavy atom. The number of nitrogens with zero attached hydrogens (tertiary/aromatic N) is 3. The zero-order valence-corrected chi connectivity index (χ0v) is 13.5. The molecule has 0 aromatic carbocycles. The van der Waals surface area contributed by atoms with Gasteiger partial charge in [0.05, 0.1) is 11.8 Å². The molecule has 0 saturated heterocycles. The van der Waals surface area contributed by atoms with Gasteiger partial charge in [-0.25, -0.2) is 9.97 Å². The minimum atomic E-state index is 0.159. The van der Waals surface area contributed by atoms with E-state index in [0.29, 0.717) is 5.95 Å². The second kappa shape index (κ2) is 6.72. The predicted octanol–water partition coefficient (Wildman–Crippen LogP) is 3.07. The Labute approximate surface area is 126 Å². The van der Waals surface area contributed by atoms with Gasteiger partial charge < -0.3 is 10.1 Å². The van der Waals surface area contributed by atoms with Crippen molar-refractivity contribution in [2.24, 2.45) is 0 Å². The number of rotatable bonds is 5. The van der Waals surface area contributed by atoms with E-state index < -0.39 is 0 Å². The van der Waals surface area contributed by atoms with Gasteiger partial charge in [-0.05, 0) is 46.9 Å². The number of hydrogen-bond donors (Lipinski definition) is 1. The number of ether oxygens (including phenoxy) is 1. The van der Waals surface area contributed by atoms with Crippen molar-refractivity contribution in [3.63, 3.8) is 0 Å². The van der Waals surface area contributed by atoms with E-state index in [9.17, 15) is 0 Å². The van der Waals surface area contributed by atoms with Gasteiger partial charge in [-0.1, -0.05) is 0 Å². The Morgan fingerprint density at radius 2 is 2.19 bits per heavy atom. The lowest BCUT2D eigenvalue weighted by Crippen LogP contribution is -2.08. The Kier molecular flexibility index (Phi) is 4.96. The number of allylic oxidation sites excluding steroid dienone is 3. The molecule has 5 heteroatoms. The molecule has 114 valence electrons. The third-order valence-corrected chi connectivity index (χ3v) is 3.14. The van der Waals surface area contributed by atoms with E-state index in [2.05, 4.69) is 27.2 Å². The monoisotopic (exact) mass is 288 g/mol. The van der Waals surface area contributed by atoms with Gasteiger partial charge in [0.1, 0.15) is 5.76 Å². The van der Waals surface area contributed by atoms with E-state index in [1.807, 2.05) is 46.0 Å². The first kappa shape index (κ1) is 15.5. The first-order valence-electron chi connectivity index (χ1n) is 7.29. The van der Waals surface area contributed by atoms with Crippen molar-refractivity contribution in [1.29, 1.82) is 0 Å². The van der Waals surface area contributed by atoms with Gasteiger partial charge in [0.2, 0.25) is 5.95 Å². The van der Waals surface area contributed by atoms with E-state index in [0.717, 1.165) is 30.2 Å². The average Bonchev–Trinajstić information content (AvgIpc) is 2.76. The third-order valence-electron chi connectivity index (χ3n) is 3.14. The number of anilines is 1. The topological polar surface area (TPSA) is 50.3 Å². The number of fused-ring (bicyclic) bond motifs is 1. The summed E-state index contributed by atoms with van der Waals surface area (Å²) in [5, 5.41) is 3.22. The van der Waals surface area contributed by atoms with Crippen LogP contribution >= 0.6 is 0 Å². The van der Waals surface area contributed by atoms with Gasteiger partial charge in [0.25, 0.3) is 0 Å². The molecule has 0 radical (unpaired) electrons. The molecular weight excluding hydrogens is 264 g/mol. The van der Waals surface area contributed by atoms with Gasteiger partial charge >= 0.3 is 0 Å². The van der Waals surface area contributed by atoms with Crippen molar-refractivity contribution in [2.45, 2.75) is 46.9 Å². The molecule has 0 bridgehead atoms. The maximum Gasteiger partial charge on any atom is 0.227 e. The van der Waals surface area contributed by atoms with Crippen molar-refractivity contribution in [1.82, 2.24) is 14.9 Å². The van der Waals surface area contributed by atoms with Crippen LogP contribution in [0.25, 0.3) is 0 Å². The lowest BCUT2D eigenvalue weighted by atomic mass is 10.3. The average molecular weight is 288 g/mol. The summed E-state index contributed by atoms with van der Waals surface area (Å²) < 4.78 is 5.69. The van der Waals surface area contributed by atoms with Crippen molar-refractivity contribution in [3.05, 3.63) is 41.1 Å². The molecule has 1 aromatic rings. The second-order valence-corrected chi connectivity index (χ2v) is 5.65. The molecule has 0 saturated carbocycles. The first-order valence-corrected chi connectivity index (χ1v) is 7.29. The van der Waals surface area contributed by atoms with E-state index in [4.69, 9.17) is 4.74 Å². The summed E-state index contributed by atoms with van der Waals surface area (Å²) in [5.74, 6) is 1.48. The van der Waals surface area contributed by atoms with Crippen LogP contribution in [0.1, 0.15) is 39.0 Å². The summed E-state index contributed by atoms with van der Waals surface area (Å²) in [6.45, 7) is 9.78. The second-order valence-electron chi connectivity index (χ2n) is 5.65.